The van der Waals surface area contributed by atoms with Gasteiger partial charge >= 0.3 is 0 Å². The molecule has 3 N–H and O–H groups in total. The van der Waals surface area contributed by atoms with Crippen molar-refractivity contribution in [2.24, 2.45) is 5.73 Å². The van der Waals surface area contributed by atoms with Gasteiger partial charge in [-0.2, -0.15) is 0 Å². The Kier molecular flexibility index (Phi) is 7.72. The highest BCUT2D eigenvalue weighted by Gasteiger charge is 2.05. The molecule has 0 fully saturated rings. The lowest BCUT2D eigenvalue weighted by Crippen LogP contribution is -2.16. The second-order valence-corrected chi connectivity index (χ2v) is 3.94. The van der Waals surface area contributed by atoms with E-state index in [0.717, 1.165) is 12.0 Å². The van der Waals surface area contributed by atoms with E-state index in [-0.39, 0.29) is 5.84 Å². The summed E-state index contributed by atoms with van der Waals surface area (Å²) >= 11 is 0. The summed E-state index contributed by atoms with van der Waals surface area (Å²) in [6.07, 6.45) is 2.49. The maximum Gasteiger partial charge on any atom is 0.142 e. The predicted octanol–water partition coefficient (Wildman–Crippen LogP) is 0.935. The van der Waals surface area contributed by atoms with Crippen LogP contribution >= 0.6 is 0 Å². The maximum atomic E-state index is 7.41. The van der Waals surface area contributed by atoms with Crippen molar-refractivity contribution >= 4 is 5.84 Å². The Morgan fingerprint density at radius 3 is 2.79 bits per heavy atom. The van der Waals surface area contributed by atoms with Crippen LogP contribution in [-0.2, 0) is 20.8 Å². The van der Waals surface area contributed by atoms with Crippen molar-refractivity contribution in [3.8, 4) is 0 Å². The molecule has 1 heterocycles. The Labute approximate surface area is 113 Å². The van der Waals surface area contributed by atoms with E-state index in [2.05, 4.69) is 4.98 Å². The quantitative estimate of drug-likeness (QED) is 0.374. The highest BCUT2D eigenvalue weighted by atomic mass is 16.5. The highest BCUT2D eigenvalue weighted by Crippen LogP contribution is 2.06. The van der Waals surface area contributed by atoms with Gasteiger partial charge in [0, 0.05) is 32.1 Å². The summed E-state index contributed by atoms with van der Waals surface area (Å²) in [5.74, 6) is -0.0463. The molecule has 0 amide bonds. The normalized spacial score (nSPS) is 10.6. The zero-order valence-electron chi connectivity index (χ0n) is 11.2. The largest absolute Gasteiger partial charge is 0.385 e. The number of nitrogens with one attached hydrogen (secondary N) is 1. The lowest BCUT2D eigenvalue weighted by atomic mass is 10.2. The molecule has 6 nitrogen and oxygen atoms in total. The number of nitrogen functional groups attached to an aromatic ring is 1. The smallest absolute Gasteiger partial charge is 0.142 e. The summed E-state index contributed by atoms with van der Waals surface area (Å²) in [7, 11) is 1.67. The van der Waals surface area contributed by atoms with E-state index in [1.807, 2.05) is 6.07 Å². The third-order valence-corrected chi connectivity index (χ3v) is 2.41. The van der Waals surface area contributed by atoms with E-state index in [4.69, 9.17) is 25.4 Å². The van der Waals surface area contributed by atoms with Gasteiger partial charge in [-0.05, 0) is 12.5 Å². The molecule has 0 saturated heterocycles. The van der Waals surface area contributed by atoms with Gasteiger partial charge in [0.1, 0.15) is 11.5 Å². The molecule has 0 unspecified atom stereocenters. The van der Waals surface area contributed by atoms with Crippen LogP contribution in [0.2, 0.25) is 0 Å². The molecule has 19 heavy (non-hydrogen) atoms. The Balaban J connectivity index is 2.17. The Morgan fingerprint density at radius 2 is 2.05 bits per heavy atom. The first-order valence-corrected chi connectivity index (χ1v) is 6.18. The fraction of sp³-hybridized carbons (Fsp3) is 0.538. The minimum Gasteiger partial charge on any atom is -0.385 e. The molecule has 0 aromatic carbocycles. The fourth-order valence-electron chi connectivity index (χ4n) is 1.50. The van der Waals surface area contributed by atoms with Crippen LogP contribution in [0.5, 0.6) is 0 Å². The van der Waals surface area contributed by atoms with E-state index >= 15 is 0 Å². The van der Waals surface area contributed by atoms with E-state index < -0.39 is 0 Å². The maximum absolute atomic E-state index is 7.41. The number of nitrogens with zero attached hydrogens (tertiary/aromatic N) is 1. The zero-order valence-corrected chi connectivity index (χ0v) is 11.2. The number of hydrogen-bond donors (Lipinski definition) is 2. The fourth-order valence-corrected chi connectivity index (χ4v) is 1.50. The summed E-state index contributed by atoms with van der Waals surface area (Å²) in [6, 6.07) is 3.65. The molecule has 0 atom stereocenters. The van der Waals surface area contributed by atoms with Gasteiger partial charge in [-0.15, -0.1) is 0 Å². The third-order valence-electron chi connectivity index (χ3n) is 2.41. The number of pyridine rings is 1. The standard InChI is InChI=1S/C13H21N3O3/c1-17-6-3-7-18-8-9-19-10-11-4-2-5-16-12(11)13(14)15/h2,4-5H,3,6-10H2,1H3,(H3,14,15). The SMILES string of the molecule is COCCCOCCOCc1cccnc1C(=N)N. The molecule has 0 radical (unpaired) electrons. The number of methoxy groups -OCH3 is 1. The molecule has 1 aromatic heterocycles. The number of nitrogens with two attached hydrogens (primary N) is 1. The summed E-state index contributed by atoms with van der Waals surface area (Å²) in [6.45, 7) is 2.80. The monoisotopic (exact) mass is 267 g/mol. The van der Waals surface area contributed by atoms with E-state index in [1.54, 1.807) is 19.4 Å². The van der Waals surface area contributed by atoms with Gasteiger partial charge in [0.25, 0.3) is 0 Å². The van der Waals surface area contributed by atoms with Crippen LogP contribution < -0.4 is 5.73 Å². The molecule has 106 valence electrons. The van der Waals surface area contributed by atoms with Gasteiger partial charge in [0.05, 0.1) is 19.8 Å². The summed E-state index contributed by atoms with van der Waals surface area (Å²) in [5.41, 5.74) is 6.73. The first-order chi connectivity index (χ1) is 9.25. The highest BCUT2D eigenvalue weighted by molar-refractivity contribution is 5.94. The second-order valence-electron chi connectivity index (χ2n) is 3.94. The topological polar surface area (TPSA) is 90.5 Å². The number of ether oxygens (including phenoxy) is 3. The molecule has 6 heteroatoms. The van der Waals surface area contributed by atoms with E-state index in [1.165, 1.54) is 0 Å². The molecule has 0 aliphatic heterocycles. The van der Waals surface area contributed by atoms with Gasteiger partial charge < -0.3 is 19.9 Å². The first-order valence-electron chi connectivity index (χ1n) is 6.18. The van der Waals surface area contributed by atoms with Crippen molar-refractivity contribution < 1.29 is 14.2 Å². The number of hydrogen-bond acceptors (Lipinski definition) is 5. The van der Waals surface area contributed by atoms with E-state index in [0.29, 0.717) is 38.7 Å². The van der Waals surface area contributed by atoms with Crippen LogP contribution in [0.3, 0.4) is 0 Å². The van der Waals surface area contributed by atoms with Gasteiger partial charge in [-0.3, -0.25) is 10.4 Å². The second kappa shape index (κ2) is 9.43. The minimum absolute atomic E-state index is 0.0463. The molecule has 0 aliphatic carbocycles. The average Bonchev–Trinajstić information content (AvgIpc) is 2.42. The van der Waals surface area contributed by atoms with Crippen molar-refractivity contribution in [1.29, 1.82) is 5.41 Å². The molecule has 0 bridgehead atoms. The summed E-state index contributed by atoms with van der Waals surface area (Å²) < 4.78 is 15.7. The number of amidine groups is 1. The van der Waals surface area contributed by atoms with Crippen molar-refractivity contribution in [2.45, 2.75) is 13.0 Å². The molecule has 0 aliphatic rings. The summed E-state index contributed by atoms with van der Waals surface area (Å²) in [5, 5.41) is 7.41. The van der Waals surface area contributed by atoms with Crippen molar-refractivity contribution in [2.75, 3.05) is 33.5 Å². The predicted molar refractivity (Wildman–Crippen MR) is 72.2 cm³/mol. The van der Waals surface area contributed by atoms with Crippen molar-refractivity contribution in [1.82, 2.24) is 4.98 Å². The third kappa shape index (κ3) is 6.28. The van der Waals surface area contributed by atoms with Crippen LogP contribution in [0.15, 0.2) is 18.3 Å². The Hall–Kier alpha value is -1.50. The summed E-state index contributed by atoms with van der Waals surface area (Å²) in [4.78, 5) is 4.05. The molecule has 0 saturated carbocycles. The number of aromatic nitrogens is 1. The lowest BCUT2D eigenvalue weighted by molar-refractivity contribution is 0.0336. The van der Waals surface area contributed by atoms with Crippen LogP contribution in [0.4, 0.5) is 0 Å². The van der Waals surface area contributed by atoms with Crippen LogP contribution in [0, 0.1) is 5.41 Å². The van der Waals surface area contributed by atoms with Crippen molar-refractivity contribution in [3.63, 3.8) is 0 Å². The molecular formula is C13H21N3O3. The lowest BCUT2D eigenvalue weighted by Gasteiger charge is -2.08. The molecule has 1 aromatic rings. The van der Waals surface area contributed by atoms with Crippen LogP contribution in [-0.4, -0.2) is 44.4 Å². The molecular weight excluding hydrogens is 246 g/mol. The van der Waals surface area contributed by atoms with E-state index in [9.17, 15) is 0 Å². The first kappa shape index (κ1) is 15.6. The van der Waals surface area contributed by atoms with Crippen molar-refractivity contribution in [3.05, 3.63) is 29.6 Å². The number of rotatable bonds is 10. The van der Waals surface area contributed by atoms with Gasteiger partial charge in [-0.1, -0.05) is 6.07 Å². The average molecular weight is 267 g/mol. The Morgan fingerprint density at radius 1 is 1.26 bits per heavy atom. The molecule has 1 rings (SSSR count). The zero-order chi connectivity index (χ0) is 13.9. The van der Waals surface area contributed by atoms with Crippen LogP contribution in [0.25, 0.3) is 0 Å². The molecule has 0 spiro atoms. The van der Waals surface area contributed by atoms with Crippen LogP contribution in [0.1, 0.15) is 17.7 Å². The Bertz CT molecular complexity index is 385. The van der Waals surface area contributed by atoms with Gasteiger partial charge in [0.15, 0.2) is 0 Å². The van der Waals surface area contributed by atoms with Gasteiger partial charge in [0.2, 0.25) is 0 Å². The van der Waals surface area contributed by atoms with Gasteiger partial charge in [-0.25, -0.2) is 0 Å². The minimum atomic E-state index is -0.0463.